The maximum Gasteiger partial charge on any atom is 0.303 e. The van der Waals surface area contributed by atoms with Crippen LogP contribution in [0.3, 0.4) is 0 Å². The lowest BCUT2D eigenvalue weighted by molar-refractivity contribution is -0.137. The van der Waals surface area contributed by atoms with Crippen molar-refractivity contribution in [3.63, 3.8) is 0 Å². The summed E-state index contributed by atoms with van der Waals surface area (Å²) in [5, 5.41) is 11.8. The number of amides is 1. The monoisotopic (exact) mass is 360 g/mol. The number of aliphatic carboxylic acids is 1. The van der Waals surface area contributed by atoms with Gasteiger partial charge in [-0.2, -0.15) is 0 Å². The number of carbonyl (C=O) groups excluding carboxylic acids is 1. The van der Waals surface area contributed by atoms with Crippen molar-refractivity contribution in [1.29, 1.82) is 0 Å². The summed E-state index contributed by atoms with van der Waals surface area (Å²) >= 11 is 6.15. The Morgan fingerprint density at radius 2 is 1.88 bits per heavy atom. The molecular weight excluding hydrogens is 340 g/mol. The third-order valence-corrected chi connectivity index (χ3v) is 4.10. The summed E-state index contributed by atoms with van der Waals surface area (Å²) in [6, 6.07) is 10.9. The van der Waals surface area contributed by atoms with Crippen LogP contribution in [0.5, 0.6) is 0 Å². The number of carboxylic acid groups (broad SMARTS) is 1. The van der Waals surface area contributed by atoms with Crippen molar-refractivity contribution in [2.24, 2.45) is 0 Å². The molecule has 1 aromatic heterocycles. The van der Waals surface area contributed by atoms with Crippen LogP contribution in [0, 0.1) is 0 Å². The summed E-state index contributed by atoms with van der Waals surface area (Å²) in [5.74, 6) is -0.982. The van der Waals surface area contributed by atoms with Crippen LogP contribution in [0.15, 0.2) is 42.6 Å². The predicted octanol–water partition coefficient (Wildman–Crippen LogP) is 4.17. The highest BCUT2D eigenvalue weighted by atomic mass is 35.5. The summed E-state index contributed by atoms with van der Waals surface area (Å²) in [7, 11) is 0. The number of pyridine rings is 1. The first kappa shape index (κ1) is 18.9. The maximum atomic E-state index is 12.3. The number of benzene rings is 1. The molecule has 0 fully saturated rings. The third-order valence-electron chi connectivity index (χ3n) is 3.77. The molecule has 2 rings (SSSR count). The Bertz CT molecular complexity index is 720. The molecule has 0 aliphatic heterocycles. The molecule has 6 heteroatoms. The number of unbranched alkanes of at least 4 members (excludes halogenated alkanes) is 3. The van der Waals surface area contributed by atoms with Gasteiger partial charge in [-0.3, -0.25) is 14.6 Å². The lowest BCUT2D eigenvalue weighted by atomic mass is 10.1. The topological polar surface area (TPSA) is 79.3 Å². The van der Waals surface area contributed by atoms with E-state index in [4.69, 9.17) is 16.7 Å². The number of hydrogen-bond donors (Lipinski definition) is 2. The van der Waals surface area contributed by atoms with Gasteiger partial charge in [0.1, 0.15) is 0 Å². The van der Waals surface area contributed by atoms with E-state index < -0.39 is 5.97 Å². The fraction of sp³-hybridized carbons (Fsp3) is 0.316. The number of nitrogens with one attached hydrogen (secondary N) is 1. The molecule has 132 valence electrons. The third kappa shape index (κ3) is 6.19. The summed E-state index contributed by atoms with van der Waals surface area (Å²) in [6.45, 7) is 0.538. The zero-order valence-electron chi connectivity index (χ0n) is 13.9. The van der Waals surface area contributed by atoms with E-state index in [2.05, 4.69) is 10.3 Å². The minimum atomic E-state index is -0.768. The van der Waals surface area contributed by atoms with Gasteiger partial charge in [0.05, 0.1) is 16.3 Å². The second kappa shape index (κ2) is 9.79. The molecule has 0 bridgehead atoms. The maximum absolute atomic E-state index is 12.3. The molecule has 0 saturated heterocycles. The normalized spacial score (nSPS) is 10.4. The number of rotatable bonds is 9. The van der Waals surface area contributed by atoms with E-state index in [-0.39, 0.29) is 12.3 Å². The van der Waals surface area contributed by atoms with E-state index in [1.807, 2.05) is 24.3 Å². The summed E-state index contributed by atoms with van der Waals surface area (Å²) < 4.78 is 0. The Morgan fingerprint density at radius 3 is 2.60 bits per heavy atom. The largest absolute Gasteiger partial charge is 0.481 e. The SMILES string of the molecule is O=C(O)CCCCCCNC(=O)c1cc(-c2ccccn2)ccc1Cl. The van der Waals surface area contributed by atoms with Gasteiger partial charge in [-0.1, -0.05) is 36.6 Å². The zero-order valence-corrected chi connectivity index (χ0v) is 14.6. The first-order valence-electron chi connectivity index (χ1n) is 8.29. The van der Waals surface area contributed by atoms with Crippen molar-refractivity contribution in [3.8, 4) is 11.3 Å². The molecular formula is C19H21ClN2O3. The Kier molecular flexibility index (Phi) is 7.41. The van der Waals surface area contributed by atoms with Crippen LogP contribution in [0.2, 0.25) is 5.02 Å². The van der Waals surface area contributed by atoms with Gasteiger partial charge in [-0.15, -0.1) is 0 Å². The molecule has 5 nitrogen and oxygen atoms in total. The van der Waals surface area contributed by atoms with Crippen LogP contribution in [-0.2, 0) is 4.79 Å². The molecule has 0 saturated carbocycles. The highest BCUT2D eigenvalue weighted by molar-refractivity contribution is 6.34. The van der Waals surface area contributed by atoms with E-state index in [0.29, 0.717) is 23.6 Å². The van der Waals surface area contributed by atoms with E-state index >= 15 is 0 Å². The number of halogens is 1. The standard InChI is InChI=1S/C19H21ClN2O3/c20-16-10-9-14(17-7-4-6-11-21-17)13-15(16)19(25)22-12-5-2-1-3-8-18(23)24/h4,6-7,9-11,13H,1-3,5,8,12H2,(H,22,25)(H,23,24). The number of carbonyl (C=O) groups is 2. The fourth-order valence-electron chi connectivity index (χ4n) is 2.44. The van der Waals surface area contributed by atoms with Gasteiger partial charge in [-0.25, -0.2) is 0 Å². The first-order valence-corrected chi connectivity index (χ1v) is 8.66. The number of hydrogen-bond acceptors (Lipinski definition) is 3. The molecule has 2 aromatic rings. The van der Waals surface area contributed by atoms with Gasteiger partial charge < -0.3 is 10.4 Å². The Balaban J connectivity index is 1.86. The minimum absolute atomic E-state index is 0.197. The first-order chi connectivity index (χ1) is 12.1. The minimum Gasteiger partial charge on any atom is -0.481 e. The number of aromatic nitrogens is 1. The highest BCUT2D eigenvalue weighted by Crippen LogP contribution is 2.23. The average molecular weight is 361 g/mol. The van der Waals surface area contributed by atoms with Crippen LogP contribution < -0.4 is 5.32 Å². The molecule has 0 spiro atoms. The van der Waals surface area contributed by atoms with E-state index in [0.717, 1.165) is 30.5 Å². The van der Waals surface area contributed by atoms with Gasteiger partial charge in [0.15, 0.2) is 0 Å². The van der Waals surface area contributed by atoms with Crippen molar-refractivity contribution >= 4 is 23.5 Å². The molecule has 0 aliphatic carbocycles. The molecule has 0 unspecified atom stereocenters. The molecule has 1 aromatic carbocycles. The van der Waals surface area contributed by atoms with Crippen molar-refractivity contribution in [2.45, 2.75) is 32.1 Å². The molecule has 1 amide bonds. The van der Waals surface area contributed by atoms with Gasteiger partial charge in [-0.05, 0) is 37.1 Å². The molecule has 25 heavy (non-hydrogen) atoms. The Hall–Kier alpha value is -2.40. The Morgan fingerprint density at radius 1 is 1.08 bits per heavy atom. The van der Waals surface area contributed by atoms with Crippen LogP contribution in [0.4, 0.5) is 0 Å². The summed E-state index contributed by atoms with van der Waals surface area (Å²) in [4.78, 5) is 27.0. The molecule has 0 radical (unpaired) electrons. The quantitative estimate of drug-likeness (QED) is 0.658. The molecule has 2 N–H and O–H groups in total. The fourth-order valence-corrected chi connectivity index (χ4v) is 2.65. The highest BCUT2D eigenvalue weighted by Gasteiger charge is 2.12. The van der Waals surface area contributed by atoms with E-state index in [1.54, 1.807) is 18.3 Å². The lowest BCUT2D eigenvalue weighted by Crippen LogP contribution is -2.24. The summed E-state index contributed by atoms with van der Waals surface area (Å²) in [5.41, 5.74) is 2.05. The zero-order chi connectivity index (χ0) is 18.1. The van der Waals surface area contributed by atoms with Crippen LogP contribution in [0.25, 0.3) is 11.3 Å². The van der Waals surface area contributed by atoms with Crippen molar-refractivity contribution < 1.29 is 14.7 Å². The number of nitrogens with zero attached hydrogens (tertiary/aromatic N) is 1. The summed E-state index contributed by atoms with van der Waals surface area (Å²) in [6.07, 6.45) is 5.10. The van der Waals surface area contributed by atoms with Crippen molar-refractivity contribution in [1.82, 2.24) is 10.3 Å². The molecule has 1 heterocycles. The van der Waals surface area contributed by atoms with E-state index in [1.165, 1.54) is 0 Å². The number of carboxylic acids is 1. The van der Waals surface area contributed by atoms with Gasteiger partial charge in [0, 0.05) is 24.7 Å². The van der Waals surface area contributed by atoms with Gasteiger partial charge in [0.25, 0.3) is 5.91 Å². The average Bonchev–Trinajstić information content (AvgIpc) is 2.61. The Labute approximate surface area is 152 Å². The van der Waals surface area contributed by atoms with E-state index in [9.17, 15) is 9.59 Å². The molecule has 0 atom stereocenters. The van der Waals surface area contributed by atoms with Gasteiger partial charge in [0.2, 0.25) is 0 Å². The molecule has 0 aliphatic rings. The van der Waals surface area contributed by atoms with Crippen molar-refractivity contribution in [3.05, 3.63) is 53.2 Å². The van der Waals surface area contributed by atoms with Crippen molar-refractivity contribution in [2.75, 3.05) is 6.54 Å². The lowest BCUT2D eigenvalue weighted by Gasteiger charge is -2.09. The second-order valence-corrected chi connectivity index (χ2v) is 6.13. The van der Waals surface area contributed by atoms with Crippen LogP contribution in [0.1, 0.15) is 42.5 Å². The van der Waals surface area contributed by atoms with Crippen LogP contribution >= 0.6 is 11.6 Å². The van der Waals surface area contributed by atoms with Gasteiger partial charge >= 0.3 is 5.97 Å². The van der Waals surface area contributed by atoms with Crippen LogP contribution in [-0.4, -0.2) is 28.5 Å². The smallest absolute Gasteiger partial charge is 0.303 e. The predicted molar refractivity (Wildman–Crippen MR) is 97.7 cm³/mol. The second-order valence-electron chi connectivity index (χ2n) is 5.72.